The van der Waals surface area contributed by atoms with Gasteiger partial charge >= 0.3 is 0 Å². The summed E-state index contributed by atoms with van der Waals surface area (Å²) in [6.07, 6.45) is 3.09. The van der Waals surface area contributed by atoms with Gasteiger partial charge in [-0.3, -0.25) is 24.6 Å². The van der Waals surface area contributed by atoms with Crippen molar-refractivity contribution >= 4 is 17.7 Å². The molecule has 150 valence electrons. The van der Waals surface area contributed by atoms with Crippen molar-refractivity contribution < 1.29 is 14.4 Å². The zero-order valence-corrected chi connectivity index (χ0v) is 16.4. The fourth-order valence-corrected chi connectivity index (χ4v) is 4.60. The van der Waals surface area contributed by atoms with E-state index in [0.29, 0.717) is 18.5 Å². The monoisotopic (exact) mass is 384 g/mol. The van der Waals surface area contributed by atoms with E-state index in [0.717, 1.165) is 43.2 Å². The summed E-state index contributed by atoms with van der Waals surface area (Å²) in [4.78, 5) is 40.5. The minimum absolute atomic E-state index is 0.0981. The summed E-state index contributed by atoms with van der Waals surface area (Å²) in [6.45, 7) is 4.54. The molecule has 28 heavy (non-hydrogen) atoms. The number of nitrogens with zero attached hydrogens (tertiary/aromatic N) is 2. The van der Waals surface area contributed by atoms with Crippen LogP contribution in [0.15, 0.2) is 18.2 Å². The minimum atomic E-state index is -0.549. The van der Waals surface area contributed by atoms with E-state index in [4.69, 9.17) is 0 Å². The lowest BCUT2D eigenvalue weighted by Crippen LogP contribution is -2.52. The van der Waals surface area contributed by atoms with E-state index in [1.807, 2.05) is 19.2 Å². The number of piperidine rings is 2. The zero-order chi connectivity index (χ0) is 19.7. The molecule has 3 amide bonds. The molecule has 0 radical (unpaired) electrons. The number of carbonyl (C=O) groups is 3. The van der Waals surface area contributed by atoms with Gasteiger partial charge in [0, 0.05) is 25.1 Å². The summed E-state index contributed by atoms with van der Waals surface area (Å²) >= 11 is 0. The van der Waals surface area contributed by atoms with Crippen molar-refractivity contribution in [1.82, 2.24) is 20.4 Å². The lowest BCUT2D eigenvalue weighted by molar-refractivity contribution is -0.136. The van der Waals surface area contributed by atoms with E-state index in [9.17, 15) is 14.4 Å². The van der Waals surface area contributed by atoms with Crippen LogP contribution in [0.3, 0.4) is 0 Å². The highest BCUT2D eigenvalue weighted by atomic mass is 16.2. The Bertz CT molecular complexity index is 786. The third-order valence-corrected chi connectivity index (χ3v) is 6.20. The average molecular weight is 384 g/mol. The maximum absolute atomic E-state index is 12.9. The predicted molar refractivity (Wildman–Crippen MR) is 104 cm³/mol. The maximum Gasteiger partial charge on any atom is 0.255 e. The topological polar surface area (TPSA) is 81.8 Å². The number of amides is 3. The molecular formula is C21H28N4O3. The first-order valence-electron chi connectivity index (χ1n) is 10.2. The number of hydrogen-bond acceptors (Lipinski definition) is 5. The number of likely N-dealkylation sites (tertiary alicyclic amines) is 1. The van der Waals surface area contributed by atoms with Gasteiger partial charge in [0.2, 0.25) is 11.8 Å². The van der Waals surface area contributed by atoms with Gasteiger partial charge in [-0.1, -0.05) is 12.1 Å². The number of nitrogens with one attached hydrogen (secondary N) is 2. The summed E-state index contributed by atoms with van der Waals surface area (Å²) in [5, 5.41) is 5.61. The molecular weight excluding hydrogens is 356 g/mol. The van der Waals surface area contributed by atoms with Gasteiger partial charge < -0.3 is 10.2 Å². The van der Waals surface area contributed by atoms with E-state index >= 15 is 0 Å². The Kier molecular flexibility index (Phi) is 5.46. The zero-order valence-electron chi connectivity index (χ0n) is 16.4. The van der Waals surface area contributed by atoms with Crippen LogP contribution in [0, 0.1) is 5.92 Å². The first-order chi connectivity index (χ1) is 13.5. The van der Waals surface area contributed by atoms with Crippen LogP contribution in [-0.2, 0) is 22.7 Å². The Morgan fingerprint density at radius 3 is 2.64 bits per heavy atom. The second-order valence-electron chi connectivity index (χ2n) is 8.17. The predicted octanol–water partition coefficient (Wildman–Crippen LogP) is 0.879. The summed E-state index contributed by atoms with van der Waals surface area (Å²) in [5.41, 5.74) is 2.81. The lowest BCUT2D eigenvalue weighted by atomic mass is 9.96. The molecule has 1 unspecified atom stereocenters. The van der Waals surface area contributed by atoms with Crippen LogP contribution in [0.1, 0.15) is 47.2 Å². The molecule has 1 aromatic rings. The van der Waals surface area contributed by atoms with E-state index in [-0.39, 0.29) is 24.1 Å². The molecule has 2 N–H and O–H groups in total. The van der Waals surface area contributed by atoms with Gasteiger partial charge in [0.25, 0.3) is 5.91 Å². The van der Waals surface area contributed by atoms with Crippen LogP contribution < -0.4 is 10.6 Å². The van der Waals surface area contributed by atoms with E-state index in [2.05, 4.69) is 21.6 Å². The summed E-state index contributed by atoms with van der Waals surface area (Å²) < 4.78 is 0. The molecule has 2 saturated heterocycles. The molecule has 0 saturated carbocycles. The van der Waals surface area contributed by atoms with Crippen molar-refractivity contribution in [2.24, 2.45) is 5.92 Å². The molecule has 7 heteroatoms. The quantitative estimate of drug-likeness (QED) is 0.737. The summed E-state index contributed by atoms with van der Waals surface area (Å²) in [6, 6.07) is 5.55. The number of fused-ring (bicyclic) bond motifs is 1. The van der Waals surface area contributed by atoms with E-state index in [1.165, 1.54) is 12.8 Å². The Morgan fingerprint density at radius 2 is 1.93 bits per heavy atom. The van der Waals surface area contributed by atoms with Crippen molar-refractivity contribution in [1.29, 1.82) is 0 Å². The highest BCUT2D eigenvalue weighted by Crippen LogP contribution is 2.29. The Balaban J connectivity index is 1.41. The number of rotatable bonds is 5. The van der Waals surface area contributed by atoms with Crippen LogP contribution in [0.25, 0.3) is 0 Å². The van der Waals surface area contributed by atoms with Crippen LogP contribution in [0.2, 0.25) is 0 Å². The molecule has 3 heterocycles. The number of benzene rings is 1. The summed E-state index contributed by atoms with van der Waals surface area (Å²) in [7, 11) is 2.01. The summed E-state index contributed by atoms with van der Waals surface area (Å²) in [5.74, 6) is 0.0391. The molecule has 0 bridgehead atoms. The Labute approximate surface area is 165 Å². The molecule has 1 atom stereocenters. The van der Waals surface area contributed by atoms with E-state index < -0.39 is 6.04 Å². The van der Waals surface area contributed by atoms with Crippen LogP contribution in [-0.4, -0.2) is 60.2 Å². The molecule has 1 aromatic carbocycles. The average Bonchev–Trinajstić information content (AvgIpc) is 3.00. The molecule has 2 fully saturated rings. The number of hydrogen-bond donors (Lipinski definition) is 2. The van der Waals surface area contributed by atoms with Gasteiger partial charge in [0.15, 0.2) is 0 Å². The van der Waals surface area contributed by atoms with Gasteiger partial charge in [-0.15, -0.1) is 0 Å². The Hall–Kier alpha value is -2.25. The first kappa shape index (κ1) is 19.1. The van der Waals surface area contributed by atoms with Crippen molar-refractivity contribution in [3.63, 3.8) is 0 Å². The van der Waals surface area contributed by atoms with Crippen LogP contribution in [0.5, 0.6) is 0 Å². The largest absolute Gasteiger partial charge is 0.322 e. The van der Waals surface area contributed by atoms with Crippen LogP contribution >= 0.6 is 0 Å². The molecule has 3 aliphatic heterocycles. The Morgan fingerprint density at radius 1 is 1.14 bits per heavy atom. The van der Waals surface area contributed by atoms with E-state index in [1.54, 1.807) is 4.90 Å². The van der Waals surface area contributed by atoms with Gasteiger partial charge in [0.05, 0.1) is 0 Å². The lowest BCUT2D eigenvalue weighted by Gasteiger charge is -2.32. The SMILES string of the molecule is CNCC1CCN(Cc2ccc3c(c2)C(=O)N(C2CCC(=O)NC2=O)C3)CC1. The fourth-order valence-electron chi connectivity index (χ4n) is 4.60. The smallest absolute Gasteiger partial charge is 0.255 e. The van der Waals surface area contributed by atoms with Gasteiger partial charge in [-0.05, 0) is 69.1 Å². The maximum atomic E-state index is 12.9. The van der Waals surface area contributed by atoms with Crippen molar-refractivity contribution in [3.05, 3.63) is 34.9 Å². The van der Waals surface area contributed by atoms with Gasteiger partial charge in [-0.25, -0.2) is 0 Å². The van der Waals surface area contributed by atoms with Crippen molar-refractivity contribution in [3.8, 4) is 0 Å². The molecule has 0 aromatic heterocycles. The van der Waals surface area contributed by atoms with Crippen molar-refractivity contribution in [2.45, 2.75) is 44.8 Å². The normalized spacial score (nSPS) is 23.8. The van der Waals surface area contributed by atoms with Gasteiger partial charge in [0.1, 0.15) is 6.04 Å². The molecule has 0 aliphatic carbocycles. The van der Waals surface area contributed by atoms with Gasteiger partial charge in [-0.2, -0.15) is 0 Å². The highest BCUT2D eigenvalue weighted by molar-refractivity contribution is 6.05. The molecule has 4 rings (SSSR count). The second kappa shape index (κ2) is 8.01. The standard InChI is InChI=1S/C21H28N4O3/c1-22-11-14-6-8-24(9-7-14)12-15-2-3-16-13-25(21(28)17(16)10-15)18-4-5-19(26)23-20(18)27/h2-3,10,14,18,22H,4-9,11-13H2,1H3,(H,23,26,27). The highest BCUT2D eigenvalue weighted by Gasteiger charge is 2.39. The van der Waals surface area contributed by atoms with Crippen molar-refractivity contribution in [2.75, 3.05) is 26.7 Å². The third kappa shape index (κ3) is 3.82. The molecule has 3 aliphatic rings. The third-order valence-electron chi connectivity index (χ3n) is 6.20. The number of carbonyl (C=O) groups excluding carboxylic acids is 3. The molecule has 7 nitrogen and oxygen atoms in total. The second-order valence-corrected chi connectivity index (χ2v) is 8.17. The minimum Gasteiger partial charge on any atom is -0.322 e. The first-order valence-corrected chi connectivity index (χ1v) is 10.2. The fraction of sp³-hybridized carbons (Fsp3) is 0.571. The van der Waals surface area contributed by atoms with Crippen LogP contribution in [0.4, 0.5) is 0 Å². The molecule has 0 spiro atoms. The number of imide groups is 1.